The van der Waals surface area contributed by atoms with Gasteiger partial charge in [0, 0.05) is 0 Å². The highest BCUT2D eigenvalue weighted by molar-refractivity contribution is 5.48. The first-order valence-corrected chi connectivity index (χ1v) is 6.03. The lowest BCUT2D eigenvalue weighted by atomic mass is 9.70. The van der Waals surface area contributed by atoms with Crippen molar-refractivity contribution >= 4 is 0 Å². The zero-order valence-corrected chi connectivity index (χ0v) is 10.7. The van der Waals surface area contributed by atoms with Crippen molar-refractivity contribution in [3.63, 3.8) is 0 Å². The van der Waals surface area contributed by atoms with Gasteiger partial charge in [0.2, 0.25) is 0 Å². The van der Waals surface area contributed by atoms with Crippen LogP contribution in [0.15, 0.2) is 6.07 Å². The zero-order chi connectivity index (χ0) is 11.2. The quantitative estimate of drug-likeness (QED) is 0.590. The molecule has 1 aromatic rings. The molecule has 15 heavy (non-hydrogen) atoms. The predicted molar refractivity (Wildman–Crippen MR) is 66.6 cm³/mol. The zero-order valence-electron chi connectivity index (χ0n) is 10.7. The normalized spacial score (nSPS) is 18.7. The Hall–Kier alpha value is -0.780. The van der Waals surface area contributed by atoms with Gasteiger partial charge in [0.25, 0.3) is 0 Å². The largest absolute Gasteiger partial charge is 0.0558 e. The van der Waals surface area contributed by atoms with E-state index in [0.717, 1.165) is 0 Å². The van der Waals surface area contributed by atoms with Crippen LogP contribution in [0, 0.1) is 20.8 Å². The summed E-state index contributed by atoms with van der Waals surface area (Å²) in [6, 6.07) is 2.43. The number of benzene rings is 1. The molecule has 0 unspecified atom stereocenters. The molecule has 0 amide bonds. The molecule has 0 saturated heterocycles. The molecule has 1 aliphatic rings. The lowest BCUT2D eigenvalue weighted by Gasteiger charge is -2.34. The molecule has 0 aromatic heterocycles. The highest BCUT2D eigenvalue weighted by Gasteiger charge is 2.28. The fraction of sp³-hybridized carbons (Fsp3) is 0.600. The van der Waals surface area contributed by atoms with Gasteiger partial charge in [-0.1, -0.05) is 19.9 Å². The molecule has 0 radical (unpaired) electrons. The Bertz CT molecular complexity index is 397. The van der Waals surface area contributed by atoms with E-state index in [1.807, 2.05) is 0 Å². The molecule has 0 N–H and O–H groups in total. The third kappa shape index (κ3) is 1.60. The fourth-order valence-electron chi connectivity index (χ4n) is 2.90. The standard InChI is InChI=1S/C15H22/c1-10-9-14-13(12(3)11(10)2)7-6-8-15(14,4)5/h9H,6-8H2,1-5H3. The summed E-state index contributed by atoms with van der Waals surface area (Å²) in [5.74, 6) is 0. The lowest BCUT2D eigenvalue weighted by molar-refractivity contribution is 0.430. The molecule has 2 rings (SSSR count). The SMILES string of the molecule is Cc1cc2c(c(C)c1C)CCCC2(C)C. The molecule has 0 nitrogen and oxygen atoms in total. The van der Waals surface area contributed by atoms with Crippen molar-refractivity contribution in [1.29, 1.82) is 0 Å². The molecule has 0 heterocycles. The van der Waals surface area contributed by atoms with Crippen LogP contribution in [-0.2, 0) is 11.8 Å². The smallest absolute Gasteiger partial charge is 0.0101 e. The highest BCUT2D eigenvalue weighted by Crippen LogP contribution is 2.39. The van der Waals surface area contributed by atoms with Crippen molar-refractivity contribution in [3.05, 3.63) is 33.9 Å². The fourth-order valence-corrected chi connectivity index (χ4v) is 2.90. The Morgan fingerprint density at radius 3 is 2.40 bits per heavy atom. The van der Waals surface area contributed by atoms with Crippen LogP contribution in [0.5, 0.6) is 0 Å². The Morgan fingerprint density at radius 1 is 1.07 bits per heavy atom. The summed E-state index contributed by atoms with van der Waals surface area (Å²) in [5.41, 5.74) is 8.12. The minimum absolute atomic E-state index is 0.386. The minimum Gasteiger partial charge on any atom is -0.0558 e. The van der Waals surface area contributed by atoms with E-state index in [-0.39, 0.29) is 0 Å². The number of hydrogen-bond acceptors (Lipinski definition) is 0. The molecular weight excluding hydrogens is 180 g/mol. The van der Waals surface area contributed by atoms with E-state index in [9.17, 15) is 0 Å². The summed E-state index contributed by atoms with van der Waals surface area (Å²) in [4.78, 5) is 0. The van der Waals surface area contributed by atoms with Crippen LogP contribution < -0.4 is 0 Å². The second-order valence-corrected chi connectivity index (χ2v) is 5.71. The monoisotopic (exact) mass is 202 g/mol. The van der Waals surface area contributed by atoms with Crippen LogP contribution in [0.2, 0.25) is 0 Å². The first-order chi connectivity index (χ1) is 6.93. The number of rotatable bonds is 0. The predicted octanol–water partition coefficient (Wildman–Crippen LogP) is 4.23. The van der Waals surface area contributed by atoms with Gasteiger partial charge in [0.1, 0.15) is 0 Å². The van der Waals surface area contributed by atoms with Crippen molar-refractivity contribution in [2.45, 2.75) is 59.3 Å². The third-order valence-electron chi connectivity index (χ3n) is 4.25. The number of aryl methyl sites for hydroxylation is 1. The summed E-state index contributed by atoms with van der Waals surface area (Å²) in [5, 5.41) is 0. The summed E-state index contributed by atoms with van der Waals surface area (Å²) >= 11 is 0. The van der Waals surface area contributed by atoms with Gasteiger partial charge in [-0.2, -0.15) is 0 Å². The third-order valence-corrected chi connectivity index (χ3v) is 4.25. The van der Waals surface area contributed by atoms with Crippen LogP contribution in [0.1, 0.15) is 54.5 Å². The Kier molecular flexibility index (Phi) is 2.41. The Labute approximate surface area is 93.7 Å². The molecule has 1 aliphatic carbocycles. The van der Waals surface area contributed by atoms with Crippen LogP contribution >= 0.6 is 0 Å². The van der Waals surface area contributed by atoms with Crippen molar-refractivity contribution in [1.82, 2.24) is 0 Å². The number of hydrogen-bond donors (Lipinski definition) is 0. The number of fused-ring (bicyclic) bond motifs is 1. The first kappa shape index (κ1) is 10.7. The Morgan fingerprint density at radius 2 is 1.73 bits per heavy atom. The topological polar surface area (TPSA) is 0 Å². The van der Waals surface area contributed by atoms with Crippen molar-refractivity contribution < 1.29 is 0 Å². The molecular formula is C15H22. The summed E-state index contributed by atoms with van der Waals surface area (Å²) in [6.45, 7) is 11.6. The van der Waals surface area contributed by atoms with Crippen molar-refractivity contribution in [2.75, 3.05) is 0 Å². The van der Waals surface area contributed by atoms with Crippen molar-refractivity contribution in [2.24, 2.45) is 0 Å². The van der Waals surface area contributed by atoms with Gasteiger partial charge >= 0.3 is 0 Å². The van der Waals surface area contributed by atoms with Crippen LogP contribution in [0.25, 0.3) is 0 Å². The Balaban J connectivity index is 2.69. The molecule has 0 aliphatic heterocycles. The first-order valence-electron chi connectivity index (χ1n) is 6.03. The molecule has 0 fully saturated rings. The summed E-state index contributed by atoms with van der Waals surface area (Å²) in [7, 11) is 0. The van der Waals surface area contributed by atoms with E-state index >= 15 is 0 Å². The minimum atomic E-state index is 0.386. The maximum atomic E-state index is 2.43. The molecule has 1 aromatic carbocycles. The van der Waals surface area contributed by atoms with Crippen LogP contribution in [0.4, 0.5) is 0 Å². The maximum absolute atomic E-state index is 2.43. The van der Waals surface area contributed by atoms with Crippen molar-refractivity contribution in [3.8, 4) is 0 Å². The van der Waals surface area contributed by atoms with Gasteiger partial charge in [-0.3, -0.25) is 0 Å². The average molecular weight is 202 g/mol. The van der Waals surface area contributed by atoms with Gasteiger partial charge in [-0.25, -0.2) is 0 Å². The lowest BCUT2D eigenvalue weighted by Crippen LogP contribution is -2.25. The maximum Gasteiger partial charge on any atom is -0.0101 e. The van der Waals surface area contributed by atoms with Gasteiger partial charge in [0.15, 0.2) is 0 Å². The van der Waals surface area contributed by atoms with Gasteiger partial charge in [-0.15, -0.1) is 0 Å². The second kappa shape index (κ2) is 3.37. The van der Waals surface area contributed by atoms with E-state index in [4.69, 9.17) is 0 Å². The van der Waals surface area contributed by atoms with Crippen LogP contribution in [0.3, 0.4) is 0 Å². The van der Waals surface area contributed by atoms with E-state index in [0.29, 0.717) is 5.41 Å². The second-order valence-electron chi connectivity index (χ2n) is 5.71. The molecule has 0 heteroatoms. The van der Waals surface area contributed by atoms with Gasteiger partial charge in [0.05, 0.1) is 0 Å². The van der Waals surface area contributed by atoms with E-state index in [1.165, 1.54) is 36.0 Å². The molecule has 0 saturated carbocycles. The van der Waals surface area contributed by atoms with Gasteiger partial charge < -0.3 is 0 Å². The average Bonchev–Trinajstić information content (AvgIpc) is 2.16. The van der Waals surface area contributed by atoms with E-state index in [1.54, 1.807) is 11.1 Å². The molecule has 0 spiro atoms. The molecule has 0 atom stereocenters. The van der Waals surface area contributed by atoms with Gasteiger partial charge in [-0.05, 0) is 73.3 Å². The highest BCUT2D eigenvalue weighted by atomic mass is 14.3. The summed E-state index contributed by atoms with van der Waals surface area (Å²) < 4.78 is 0. The van der Waals surface area contributed by atoms with E-state index < -0.39 is 0 Å². The van der Waals surface area contributed by atoms with Crippen LogP contribution in [-0.4, -0.2) is 0 Å². The summed E-state index contributed by atoms with van der Waals surface area (Å²) in [6.07, 6.45) is 3.97. The molecule has 82 valence electrons. The van der Waals surface area contributed by atoms with E-state index in [2.05, 4.69) is 40.7 Å². The molecule has 0 bridgehead atoms.